The number of hydrogen-bond donors (Lipinski definition) is 0. The van der Waals surface area contributed by atoms with Crippen LogP contribution in [0.5, 0.6) is 0 Å². The third-order valence-electron chi connectivity index (χ3n) is 4.64. The normalized spacial score (nSPS) is 16.4. The molecule has 1 heterocycles. The molecule has 0 aliphatic carbocycles. The van der Waals surface area contributed by atoms with Crippen LogP contribution in [-0.4, -0.2) is 57.5 Å². The van der Waals surface area contributed by atoms with Crippen LogP contribution in [0.2, 0.25) is 0 Å². The maximum absolute atomic E-state index is 12.8. The summed E-state index contributed by atoms with van der Waals surface area (Å²) in [6.07, 6.45) is 0. The number of halogens is 1. The molecule has 0 aromatic heterocycles. The number of rotatable bonds is 5. The van der Waals surface area contributed by atoms with Crippen molar-refractivity contribution < 1.29 is 16.8 Å². The molecule has 7 nitrogen and oxygen atoms in total. The zero-order valence-electron chi connectivity index (χ0n) is 16.1. The molecule has 0 bridgehead atoms. The van der Waals surface area contributed by atoms with Gasteiger partial charge in [0.05, 0.1) is 22.3 Å². The van der Waals surface area contributed by atoms with Crippen molar-refractivity contribution in [3.63, 3.8) is 0 Å². The highest BCUT2D eigenvalue weighted by Gasteiger charge is 2.33. The first-order valence-electron chi connectivity index (χ1n) is 8.92. The number of amidine groups is 1. The van der Waals surface area contributed by atoms with Crippen LogP contribution < -0.4 is 0 Å². The van der Waals surface area contributed by atoms with Crippen LogP contribution in [-0.2, 0) is 20.0 Å². The number of benzene rings is 2. The van der Waals surface area contributed by atoms with Gasteiger partial charge >= 0.3 is 0 Å². The Morgan fingerprint density at radius 1 is 0.897 bits per heavy atom. The molecule has 2 aromatic carbocycles. The second-order valence-electron chi connectivity index (χ2n) is 6.83. The van der Waals surface area contributed by atoms with Crippen molar-refractivity contribution in [2.45, 2.75) is 23.6 Å². The second-order valence-corrected chi connectivity index (χ2v) is 10.6. The summed E-state index contributed by atoms with van der Waals surface area (Å²) in [4.78, 5) is 1.83. The second kappa shape index (κ2) is 8.43. The molecule has 3 rings (SSSR count). The highest BCUT2D eigenvalue weighted by Crippen LogP contribution is 2.21. The minimum atomic E-state index is -3.94. The first kappa shape index (κ1) is 21.8. The molecule has 1 saturated heterocycles. The van der Waals surface area contributed by atoms with Gasteiger partial charge in [0.2, 0.25) is 10.0 Å². The Kier molecular flexibility index (Phi) is 6.33. The smallest absolute Gasteiger partial charge is 0.283 e. The van der Waals surface area contributed by atoms with E-state index < -0.39 is 20.0 Å². The van der Waals surface area contributed by atoms with Crippen LogP contribution in [0.15, 0.2) is 62.7 Å². The molecule has 0 unspecified atom stereocenters. The number of hydrogen-bond acceptors (Lipinski definition) is 4. The van der Waals surface area contributed by atoms with Crippen LogP contribution in [0.3, 0.4) is 0 Å². The Hall–Kier alpha value is -1.94. The van der Waals surface area contributed by atoms with Crippen molar-refractivity contribution in [2.75, 3.05) is 25.6 Å². The molecule has 0 spiro atoms. The van der Waals surface area contributed by atoms with Gasteiger partial charge in [-0.3, -0.25) is 0 Å². The van der Waals surface area contributed by atoms with E-state index in [2.05, 4.69) is 4.40 Å². The molecule has 10 heteroatoms. The molecular weight excluding hydrogens is 434 g/mol. The van der Waals surface area contributed by atoms with Crippen LogP contribution in [0, 0.1) is 13.8 Å². The fourth-order valence-electron chi connectivity index (χ4n) is 2.90. The quantitative estimate of drug-likeness (QED) is 0.393. The Labute approximate surface area is 176 Å². The maximum Gasteiger partial charge on any atom is 0.283 e. The molecule has 1 aliphatic rings. The molecule has 29 heavy (non-hydrogen) atoms. The number of nitrogens with zero attached hydrogens (tertiary/aromatic N) is 3. The molecule has 0 radical (unpaired) electrons. The van der Waals surface area contributed by atoms with Crippen molar-refractivity contribution >= 4 is 37.5 Å². The Morgan fingerprint density at radius 3 is 1.93 bits per heavy atom. The molecule has 156 valence electrons. The van der Waals surface area contributed by atoms with E-state index in [0.717, 1.165) is 11.1 Å². The molecular formula is C19H22ClN3O4S2. The van der Waals surface area contributed by atoms with Gasteiger partial charge in [-0.1, -0.05) is 35.4 Å². The van der Waals surface area contributed by atoms with Crippen LogP contribution >= 0.6 is 11.6 Å². The van der Waals surface area contributed by atoms with Crippen LogP contribution in [0.4, 0.5) is 0 Å². The van der Waals surface area contributed by atoms with Gasteiger partial charge in [0.25, 0.3) is 10.0 Å². The summed E-state index contributed by atoms with van der Waals surface area (Å²) in [7, 11) is -7.63. The van der Waals surface area contributed by atoms with Gasteiger partial charge in [-0.05, 0) is 38.1 Å². The molecule has 0 saturated carbocycles. The summed E-state index contributed by atoms with van der Waals surface area (Å²) in [5.41, 5.74) is 1.90. The van der Waals surface area contributed by atoms with Crippen molar-refractivity contribution in [1.29, 1.82) is 0 Å². The Bertz CT molecular complexity index is 1110. The molecule has 0 amide bonds. The van der Waals surface area contributed by atoms with Gasteiger partial charge in [0, 0.05) is 13.1 Å². The first-order chi connectivity index (χ1) is 13.6. The standard InChI is InChI=1S/C19H22ClN3O4S2/c1-15-3-7-17(8-4-15)28(24,25)21-19(13-20)22-11-12-23(14-22)29(26,27)18-9-5-16(2)6-10-18/h3-10H,11-14H2,1-2H3/b21-19+. The zero-order chi connectivity index (χ0) is 21.2. The highest BCUT2D eigenvalue weighted by atomic mass is 35.5. The van der Waals surface area contributed by atoms with E-state index in [1.165, 1.54) is 16.4 Å². The summed E-state index contributed by atoms with van der Waals surface area (Å²) in [6.45, 7) is 4.25. The lowest BCUT2D eigenvalue weighted by Gasteiger charge is -2.20. The largest absolute Gasteiger partial charge is 0.343 e. The van der Waals surface area contributed by atoms with E-state index in [4.69, 9.17) is 11.6 Å². The summed E-state index contributed by atoms with van der Waals surface area (Å²) < 4.78 is 56.1. The van der Waals surface area contributed by atoms with Crippen molar-refractivity contribution in [1.82, 2.24) is 9.21 Å². The predicted molar refractivity (Wildman–Crippen MR) is 113 cm³/mol. The number of alkyl halides is 1. The van der Waals surface area contributed by atoms with E-state index in [-0.39, 0.29) is 34.7 Å². The van der Waals surface area contributed by atoms with Gasteiger partial charge in [0.15, 0.2) is 0 Å². The summed E-state index contributed by atoms with van der Waals surface area (Å²) in [5.74, 6) is -0.0300. The molecule has 0 N–H and O–H groups in total. The summed E-state index contributed by atoms with van der Waals surface area (Å²) >= 11 is 5.96. The molecule has 0 atom stereocenters. The fraction of sp³-hybridized carbons (Fsp3) is 0.316. The summed E-state index contributed by atoms with van der Waals surface area (Å²) in [6, 6.07) is 12.9. The Morgan fingerprint density at radius 2 is 1.41 bits per heavy atom. The predicted octanol–water partition coefficient (Wildman–Crippen LogP) is 2.59. The molecule has 2 aromatic rings. The summed E-state index contributed by atoms with van der Waals surface area (Å²) in [5, 5.41) is 0. The van der Waals surface area contributed by atoms with Crippen LogP contribution in [0.1, 0.15) is 11.1 Å². The van der Waals surface area contributed by atoms with Crippen molar-refractivity contribution in [3.05, 3.63) is 59.7 Å². The SMILES string of the molecule is Cc1ccc(S(=O)(=O)/N=C(\CCl)N2CCN(S(=O)(=O)c3ccc(C)cc3)C2)cc1. The van der Waals surface area contributed by atoms with Gasteiger partial charge in [-0.2, -0.15) is 12.7 Å². The van der Waals surface area contributed by atoms with E-state index in [9.17, 15) is 16.8 Å². The fourth-order valence-corrected chi connectivity index (χ4v) is 5.63. The van der Waals surface area contributed by atoms with Gasteiger partial charge in [0.1, 0.15) is 5.84 Å². The number of sulfonamides is 2. The lowest BCUT2D eigenvalue weighted by Crippen LogP contribution is -2.35. The number of aryl methyl sites for hydroxylation is 2. The minimum absolute atomic E-state index is 0.00875. The van der Waals surface area contributed by atoms with E-state index in [1.54, 1.807) is 41.3 Å². The van der Waals surface area contributed by atoms with E-state index in [0.29, 0.717) is 6.54 Å². The van der Waals surface area contributed by atoms with Crippen molar-refractivity contribution in [3.8, 4) is 0 Å². The van der Waals surface area contributed by atoms with Gasteiger partial charge in [-0.15, -0.1) is 16.0 Å². The lowest BCUT2D eigenvalue weighted by molar-refractivity contribution is 0.417. The maximum atomic E-state index is 12.8. The van der Waals surface area contributed by atoms with Gasteiger partial charge in [-0.25, -0.2) is 8.42 Å². The molecule has 1 fully saturated rings. The lowest BCUT2D eigenvalue weighted by atomic mass is 10.2. The van der Waals surface area contributed by atoms with Crippen LogP contribution in [0.25, 0.3) is 0 Å². The van der Waals surface area contributed by atoms with Crippen molar-refractivity contribution in [2.24, 2.45) is 4.40 Å². The molecule has 1 aliphatic heterocycles. The average Bonchev–Trinajstić information content (AvgIpc) is 3.18. The average molecular weight is 456 g/mol. The minimum Gasteiger partial charge on any atom is -0.343 e. The van der Waals surface area contributed by atoms with E-state index in [1.807, 2.05) is 13.8 Å². The monoisotopic (exact) mass is 455 g/mol. The topological polar surface area (TPSA) is 87.1 Å². The Balaban J connectivity index is 1.82. The third kappa shape index (κ3) is 4.80. The zero-order valence-corrected chi connectivity index (χ0v) is 18.5. The highest BCUT2D eigenvalue weighted by molar-refractivity contribution is 7.90. The van der Waals surface area contributed by atoms with E-state index >= 15 is 0 Å². The third-order valence-corrected chi connectivity index (χ3v) is 8.04. The van der Waals surface area contributed by atoms with Gasteiger partial charge < -0.3 is 4.90 Å². The first-order valence-corrected chi connectivity index (χ1v) is 12.3.